The van der Waals surface area contributed by atoms with Crippen LogP contribution in [0.2, 0.25) is 0 Å². The van der Waals surface area contributed by atoms with Gasteiger partial charge in [-0.1, -0.05) is 19.1 Å². The van der Waals surface area contributed by atoms with Gasteiger partial charge >= 0.3 is 0 Å². The number of aliphatic hydroxyl groups excluding tert-OH is 1. The van der Waals surface area contributed by atoms with Crippen molar-refractivity contribution < 1.29 is 10.2 Å². The lowest BCUT2D eigenvalue weighted by atomic mass is 10.1. The number of rotatable bonds is 6. The molecule has 0 fully saturated rings. The molecule has 1 aromatic carbocycles. The average molecular weight is 209 g/mol. The molecule has 0 saturated heterocycles. The maximum absolute atomic E-state index is 9.24. The van der Waals surface area contributed by atoms with E-state index < -0.39 is 0 Å². The second kappa shape index (κ2) is 6.43. The van der Waals surface area contributed by atoms with Gasteiger partial charge in [-0.3, -0.25) is 0 Å². The van der Waals surface area contributed by atoms with Gasteiger partial charge in [-0.2, -0.15) is 0 Å². The summed E-state index contributed by atoms with van der Waals surface area (Å²) in [6.07, 6.45) is 0.826. The van der Waals surface area contributed by atoms with Gasteiger partial charge < -0.3 is 15.5 Å². The number of phenols is 1. The quantitative estimate of drug-likeness (QED) is 0.665. The summed E-state index contributed by atoms with van der Waals surface area (Å²) in [6, 6.07) is 7.23. The molecule has 1 unspecified atom stereocenters. The zero-order valence-electron chi connectivity index (χ0n) is 9.11. The van der Waals surface area contributed by atoms with Crippen LogP contribution in [0.4, 0.5) is 0 Å². The molecule has 0 amide bonds. The molecule has 1 aromatic rings. The molecular weight excluding hydrogens is 190 g/mol. The molecule has 0 bridgehead atoms. The third-order valence-corrected chi connectivity index (χ3v) is 2.35. The summed E-state index contributed by atoms with van der Waals surface area (Å²) >= 11 is 0. The minimum Gasteiger partial charge on any atom is -0.508 e. The van der Waals surface area contributed by atoms with Crippen LogP contribution >= 0.6 is 0 Å². The molecule has 0 heterocycles. The van der Waals surface area contributed by atoms with Crippen LogP contribution in [0.25, 0.3) is 0 Å². The van der Waals surface area contributed by atoms with Gasteiger partial charge in [0.25, 0.3) is 0 Å². The Morgan fingerprint density at radius 3 is 2.87 bits per heavy atom. The molecule has 3 heteroatoms. The highest BCUT2D eigenvalue weighted by Crippen LogP contribution is 2.10. The van der Waals surface area contributed by atoms with Crippen molar-refractivity contribution in [3.8, 4) is 5.75 Å². The van der Waals surface area contributed by atoms with Gasteiger partial charge in [-0.05, 0) is 36.6 Å². The van der Waals surface area contributed by atoms with Crippen molar-refractivity contribution in [1.29, 1.82) is 0 Å². The first kappa shape index (κ1) is 12.0. The fourth-order valence-electron chi connectivity index (χ4n) is 1.45. The van der Waals surface area contributed by atoms with E-state index in [0.29, 0.717) is 11.7 Å². The first-order valence-electron chi connectivity index (χ1n) is 5.32. The number of aliphatic hydroxyl groups is 1. The monoisotopic (exact) mass is 209 g/mol. The predicted molar refractivity (Wildman–Crippen MR) is 60.7 cm³/mol. The van der Waals surface area contributed by atoms with Gasteiger partial charge in [0.2, 0.25) is 0 Å². The van der Waals surface area contributed by atoms with Crippen LogP contribution in [0.1, 0.15) is 18.9 Å². The van der Waals surface area contributed by atoms with Gasteiger partial charge in [0, 0.05) is 13.2 Å². The highest BCUT2D eigenvalue weighted by atomic mass is 16.3. The third kappa shape index (κ3) is 4.81. The standard InChI is InChI=1S/C12H19NO2/c1-10(5-6-14)8-13-9-11-3-2-4-12(15)7-11/h2-4,7,10,13-15H,5-6,8-9H2,1H3. The van der Waals surface area contributed by atoms with E-state index in [1.165, 1.54) is 0 Å². The largest absolute Gasteiger partial charge is 0.508 e. The maximum Gasteiger partial charge on any atom is 0.115 e. The molecule has 0 aliphatic heterocycles. The first-order valence-corrected chi connectivity index (χ1v) is 5.32. The van der Waals surface area contributed by atoms with E-state index in [4.69, 9.17) is 5.11 Å². The van der Waals surface area contributed by atoms with E-state index in [-0.39, 0.29) is 6.61 Å². The minimum atomic E-state index is 0.245. The lowest BCUT2D eigenvalue weighted by Crippen LogP contribution is -2.21. The molecule has 1 rings (SSSR count). The van der Waals surface area contributed by atoms with Crippen LogP contribution in [0, 0.1) is 5.92 Å². The number of phenolic OH excluding ortho intramolecular Hbond substituents is 1. The number of hydrogen-bond donors (Lipinski definition) is 3. The van der Waals surface area contributed by atoms with Crippen LogP contribution in [0.3, 0.4) is 0 Å². The summed E-state index contributed by atoms with van der Waals surface area (Å²) in [4.78, 5) is 0. The summed E-state index contributed by atoms with van der Waals surface area (Å²) in [6.45, 7) is 3.99. The minimum absolute atomic E-state index is 0.245. The maximum atomic E-state index is 9.24. The molecule has 3 N–H and O–H groups in total. The summed E-state index contributed by atoms with van der Waals surface area (Å²) < 4.78 is 0. The molecule has 0 aliphatic carbocycles. The molecule has 0 spiro atoms. The van der Waals surface area contributed by atoms with Crippen molar-refractivity contribution in [3.05, 3.63) is 29.8 Å². The van der Waals surface area contributed by atoms with Gasteiger partial charge in [0.15, 0.2) is 0 Å². The Morgan fingerprint density at radius 1 is 1.40 bits per heavy atom. The lowest BCUT2D eigenvalue weighted by Gasteiger charge is -2.11. The van der Waals surface area contributed by atoms with Crippen molar-refractivity contribution in [2.24, 2.45) is 5.92 Å². The SMILES string of the molecule is CC(CCO)CNCc1cccc(O)c1. The Hall–Kier alpha value is -1.06. The van der Waals surface area contributed by atoms with Crippen molar-refractivity contribution in [1.82, 2.24) is 5.32 Å². The summed E-state index contributed by atoms with van der Waals surface area (Å²) in [5.74, 6) is 0.782. The van der Waals surface area contributed by atoms with Crippen LogP contribution in [0.15, 0.2) is 24.3 Å². The second-order valence-electron chi connectivity index (χ2n) is 3.92. The van der Waals surface area contributed by atoms with Gasteiger partial charge in [0.1, 0.15) is 5.75 Å². The number of aromatic hydroxyl groups is 1. The van der Waals surface area contributed by atoms with Crippen molar-refractivity contribution in [2.45, 2.75) is 19.9 Å². The van der Waals surface area contributed by atoms with E-state index >= 15 is 0 Å². The van der Waals surface area contributed by atoms with Crippen LogP contribution in [-0.4, -0.2) is 23.4 Å². The molecule has 84 valence electrons. The molecule has 0 aliphatic rings. The molecule has 3 nitrogen and oxygen atoms in total. The third-order valence-electron chi connectivity index (χ3n) is 2.35. The Kier molecular flexibility index (Phi) is 5.15. The normalized spacial score (nSPS) is 12.7. The highest BCUT2D eigenvalue weighted by Gasteiger charge is 2.00. The summed E-state index contributed by atoms with van der Waals surface area (Å²) in [5, 5.41) is 21.3. The van der Waals surface area contributed by atoms with Crippen LogP contribution < -0.4 is 5.32 Å². The summed E-state index contributed by atoms with van der Waals surface area (Å²) in [7, 11) is 0. The van der Waals surface area contributed by atoms with Crippen molar-refractivity contribution >= 4 is 0 Å². The Balaban J connectivity index is 2.25. The molecule has 0 aromatic heterocycles. The Morgan fingerprint density at radius 2 is 2.20 bits per heavy atom. The molecule has 15 heavy (non-hydrogen) atoms. The van der Waals surface area contributed by atoms with Gasteiger partial charge in [-0.15, -0.1) is 0 Å². The van der Waals surface area contributed by atoms with Crippen molar-refractivity contribution in [2.75, 3.05) is 13.2 Å². The number of nitrogens with one attached hydrogen (secondary N) is 1. The van der Waals surface area contributed by atoms with Crippen LogP contribution in [-0.2, 0) is 6.54 Å². The van der Waals surface area contributed by atoms with Gasteiger partial charge in [0.05, 0.1) is 0 Å². The van der Waals surface area contributed by atoms with E-state index in [1.807, 2.05) is 12.1 Å². The van der Waals surface area contributed by atoms with Crippen molar-refractivity contribution in [3.63, 3.8) is 0 Å². The Bertz CT molecular complexity index is 289. The van der Waals surface area contributed by atoms with E-state index in [1.54, 1.807) is 12.1 Å². The summed E-state index contributed by atoms with van der Waals surface area (Å²) in [5.41, 5.74) is 1.08. The average Bonchev–Trinajstić information content (AvgIpc) is 2.18. The second-order valence-corrected chi connectivity index (χ2v) is 3.92. The molecule has 0 radical (unpaired) electrons. The fraction of sp³-hybridized carbons (Fsp3) is 0.500. The van der Waals surface area contributed by atoms with E-state index in [9.17, 15) is 5.11 Å². The topological polar surface area (TPSA) is 52.5 Å². The molecule has 0 saturated carbocycles. The molecule has 1 atom stereocenters. The Labute approximate surface area is 90.8 Å². The fourth-order valence-corrected chi connectivity index (χ4v) is 1.45. The highest BCUT2D eigenvalue weighted by molar-refractivity contribution is 5.26. The van der Waals surface area contributed by atoms with E-state index in [2.05, 4.69) is 12.2 Å². The molecular formula is C12H19NO2. The zero-order valence-corrected chi connectivity index (χ0v) is 9.11. The predicted octanol–water partition coefficient (Wildman–Crippen LogP) is 1.50. The van der Waals surface area contributed by atoms with Gasteiger partial charge in [-0.25, -0.2) is 0 Å². The first-order chi connectivity index (χ1) is 7.22. The van der Waals surface area contributed by atoms with Crippen LogP contribution in [0.5, 0.6) is 5.75 Å². The zero-order chi connectivity index (χ0) is 11.1. The number of hydrogen-bond acceptors (Lipinski definition) is 3. The van der Waals surface area contributed by atoms with E-state index in [0.717, 1.165) is 25.1 Å². The lowest BCUT2D eigenvalue weighted by molar-refractivity contribution is 0.260. The smallest absolute Gasteiger partial charge is 0.115 e. The number of benzene rings is 1.